The zero-order chi connectivity index (χ0) is 19.3. The summed E-state index contributed by atoms with van der Waals surface area (Å²) in [6, 6.07) is 5.17. The first-order valence-corrected chi connectivity index (χ1v) is 8.66. The van der Waals surface area contributed by atoms with Crippen molar-refractivity contribution >= 4 is 10.9 Å². The van der Waals surface area contributed by atoms with Crippen LogP contribution >= 0.6 is 0 Å². The standard InChI is InChI=1S/C21H27NO4/c1-14(2)7-6-8-15(3)11-12-26-20-19(23)17-10-9-16(25-5)13-18(17)22(4)21(20)24/h7,9-11,13,23H,6,8,12H2,1-5H3/b15-11+. The van der Waals surface area contributed by atoms with Crippen LogP contribution in [0.2, 0.25) is 0 Å². The number of aromatic nitrogens is 1. The number of nitrogens with zero attached hydrogens (tertiary/aromatic N) is 1. The molecule has 0 spiro atoms. The normalized spacial score (nSPS) is 11.5. The van der Waals surface area contributed by atoms with Crippen molar-refractivity contribution in [3.8, 4) is 17.2 Å². The van der Waals surface area contributed by atoms with E-state index < -0.39 is 0 Å². The van der Waals surface area contributed by atoms with Crippen molar-refractivity contribution in [3.05, 3.63) is 51.9 Å². The van der Waals surface area contributed by atoms with Gasteiger partial charge in [0.05, 0.1) is 12.6 Å². The zero-order valence-corrected chi connectivity index (χ0v) is 16.1. The SMILES string of the molecule is COc1ccc2c(O)c(OC/C=C(\C)CCC=C(C)C)c(=O)n(C)c2c1. The number of ether oxygens (including phenoxy) is 2. The molecule has 0 aliphatic rings. The molecule has 1 N–H and O–H groups in total. The highest BCUT2D eigenvalue weighted by Crippen LogP contribution is 2.32. The van der Waals surface area contributed by atoms with E-state index in [4.69, 9.17) is 9.47 Å². The number of allylic oxidation sites excluding steroid dienone is 3. The lowest BCUT2D eigenvalue weighted by molar-refractivity contribution is 0.330. The number of rotatable bonds is 7. The second-order valence-corrected chi connectivity index (χ2v) is 6.61. The molecule has 0 aliphatic heterocycles. The molecule has 0 bridgehead atoms. The molecule has 5 heteroatoms. The molecule has 1 aromatic heterocycles. The third-order valence-corrected chi connectivity index (χ3v) is 4.29. The Bertz CT molecular complexity index is 902. The van der Waals surface area contributed by atoms with E-state index in [9.17, 15) is 9.90 Å². The Morgan fingerprint density at radius 3 is 2.62 bits per heavy atom. The molecule has 0 saturated heterocycles. The van der Waals surface area contributed by atoms with Crippen LogP contribution in [0, 0.1) is 0 Å². The Kier molecular flexibility index (Phi) is 6.50. The van der Waals surface area contributed by atoms with Crippen molar-refractivity contribution in [1.82, 2.24) is 4.57 Å². The van der Waals surface area contributed by atoms with Crippen LogP contribution in [0.15, 0.2) is 46.3 Å². The quantitative estimate of drug-likeness (QED) is 0.750. The summed E-state index contributed by atoms with van der Waals surface area (Å²) in [5.41, 5.74) is 2.70. The van der Waals surface area contributed by atoms with Crippen LogP contribution in [0.1, 0.15) is 33.6 Å². The summed E-state index contributed by atoms with van der Waals surface area (Å²) in [5, 5.41) is 11.0. The Labute approximate surface area is 154 Å². The fourth-order valence-corrected chi connectivity index (χ4v) is 2.69. The summed E-state index contributed by atoms with van der Waals surface area (Å²) in [6.07, 6.45) is 6.05. The first-order valence-electron chi connectivity index (χ1n) is 8.66. The van der Waals surface area contributed by atoms with Crippen molar-refractivity contribution in [2.45, 2.75) is 33.6 Å². The maximum Gasteiger partial charge on any atom is 0.297 e. The van der Waals surface area contributed by atoms with E-state index in [-0.39, 0.29) is 23.7 Å². The number of aryl methyl sites for hydroxylation is 1. The summed E-state index contributed by atoms with van der Waals surface area (Å²) in [5.74, 6) is 0.454. The molecule has 140 valence electrons. The Morgan fingerprint density at radius 2 is 1.96 bits per heavy atom. The Hall–Kier alpha value is -2.69. The molecule has 0 aliphatic carbocycles. The second kappa shape index (κ2) is 8.61. The van der Waals surface area contributed by atoms with Crippen molar-refractivity contribution < 1.29 is 14.6 Å². The number of benzene rings is 1. The number of aromatic hydroxyl groups is 1. The molecule has 26 heavy (non-hydrogen) atoms. The number of hydrogen-bond acceptors (Lipinski definition) is 4. The molecule has 0 amide bonds. The molecular weight excluding hydrogens is 330 g/mol. The molecule has 0 fully saturated rings. The minimum absolute atomic E-state index is 0.0292. The molecule has 0 unspecified atom stereocenters. The Balaban J connectivity index is 2.22. The van der Waals surface area contributed by atoms with Gasteiger partial charge in [0, 0.05) is 18.5 Å². The maximum atomic E-state index is 12.5. The van der Waals surface area contributed by atoms with Gasteiger partial charge < -0.3 is 19.1 Å². The molecule has 0 saturated carbocycles. The van der Waals surface area contributed by atoms with Gasteiger partial charge in [0.15, 0.2) is 5.75 Å². The van der Waals surface area contributed by atoms with Crippen molar-refractivity contribution in [3.63, 3.8) is 0 Å². The minimum atomic E-state index is -0.376. The first kappa shape index (κ1) is 19.6. The summed E-state index contributed by atoms with van der Waals surface area (Å²) in [6.45, 7) is 6.43. The summed E-state index contributed by atoms with van der Waals surface area (Å²) < 4.78 is 12.2. The van der Waals surface area contributed by atoms with Crippen LogP contribution in [0.25, 0.3) is 10.9 Å². The van der Waals surface area contributed by atoms with E-state index in [2.05, 4.69) is 19.9 Å². The lowest BCUT2D eigenvalue weighted by Crippen LogP contribution is -2.20. The van der Waals surface area contributed by atoms with E-state index in [1.165, 1.54) is 15.7 Å². The van der Waals surface area contributed by atoms with Crippen LogP contribution in [-0.4, -0.2) is 23.4 Å². The maximum absolute atomic E-state index is 12.5. The van der Waals surface area contributed by atoms with Crippen LogP contribution in [0.5, 0.6) is 17.2 Å². The average molecular weight is 357 g/mol. The number of pyridine rings is 1. The first-order chi connectivity index (χ1) is 12.3. The monoisotopic (exact) mass is 357 g/mol. The van der Waals surface area contributed by atoms with E-state index in [1.54, 1.807) is 32.4 Å². The third-order valence-electron chi connectivity index (χ3n) is 4.29. The van der Waals surface area contributed by atoms with Crippen LogP contribution in [0.4, 0.5) is 0 Å². The van der Waals surface area contributed by atoms with Gasteiger partial charge in [-0.05, 0) is 51.8 Å². The van der Waals surface area contributed by atoms with Crippen molar-refractivity contribution in [1.29, 1.82) is 0 Å². The average Bonchev–Trinajstić information content (AvgIpc) is 2.61. The molecule has 0 atom stereocenters. The summed E-state index contributed by atoms with van der Waals surface area (Å²) >= 11 is 0. The predicted molar refractivity (Wildman–Crippen MR) is 105 cm³/mol. The third kappa shape index (κ3) is 4.48. The van der Waals surface area contributed by atoms with Gasteiger partial charge >= 0.3 is 0 Å². The van der Waals surface area contributed by atoms with Gasteiger partial charge in [-0.25, -0.2) is 0 Å². The van der Waals surface area contributed by atoms with Gasteiger partial charge in [0.2, 0.25) is 5.75 Å². The summed E-state index contributed by atoms with van der Waals surface area (Å²) in [4.78, 5) is 12.5. The van der Waals surface area contributed by atoms with Crippen LogP contribution in [0.3, 0.4) is 0 Å². The number of fused-ring (bicyclic) bond motifs is 1. The van der Waals surface area contributed by atoms with Gasteiger partial charge in [-0.3, -0.25) is 4.79 Å². The molecule has 2 rings (SSSR count). The van der Waals surface area contributed by atoms with Crippen molar-refractivity contribution in [2.75, 3.05) is 13.7 Å². The lowest BCUT2D eigenvalue weighted by Gasteiger charge is -2.13. The van der Waals surface area contributed by atoms with Gasteiger partial charge in [-0.2, -0.15) is 0 Å². The van der Waals surface area contributed by atoms with E-state index in [0.29, 0.717) is 16.7 Å². The predicted octanol–water partition coefficient (Wildman–Crippen LogP) is 4.32. The smallest absolute Gasteiger partial charge is 0.297 e. The molecular formula is C21H27NO4. The second-order valence-electron chi connectivity index (χ2n) is 6.61. The van der Waals surface area contributed by atoms with E-state index >= 15 is 0 Å². The minimum Gasteiger partial charge on any atom is -0.504 e. The van der Waals surface area contributed by atoms with Gasteiger partial charge in [0.25, 0.3) is 5.56 Å². The zero-order valence-electron chi connectivity index (χ0n) is 16.1. The van der Waals surface area contributed by atoms with E-state index in [0.717, 1.165) is 12.8 Å². The highest BCUT2D eigenvalue weighted by Gasteiger charge is 2.16. The number of hydrogen-bond donors (Lipinski definition) is 1. The van der Waals surface area contributed by atoms with Gasteiger partial charge in [-0.15, -0.1) is 0 Å². The van der Waals surface area contributed by atoms with Crippen LogP contribution in [-0.2, 0) is 7.05 Å². The lowest BCUT2D eigenvalue weighted by atomic mass is 10.1. The largest absolute Gasteiger partial charge is 0.504 e. The topological polar surface area (TPSA) is 60.7 Å². The fraction of sp³-hybridized carbons (Fsp3) is 0.381. The van der Waals surface area contributed by atoms with E-state index in [1.807, 2.05) is 13.0 Å². The number of methoxy groups -OCH3 is 1. The highest BCUT2D eigenvalue weighted by atomic mass is 16.5. The molecule has 0 radical (unpaired) electrons. The van der Waals surface area contributed by atoms with Crippen LogP contribution < -0.4 is 15.0 Å². The Morgan fingerprint density at radius 1 is 1.23 bits per heavy atom. The molecule has 1 heterocycles. The highest BCUT2D eigenvalue weighted by molar-refractivity contribution is 5.88. The molecule has 1 aromatic carbocycles. The molecule has 2 aromatic rings. The van der Waals surface area contributed by atoms with Gasteiger partial charge in [0.1, 0.15) is 12.4 Å². The molecule has 5 nitrogen and oxygen atoms in total. The van der Waals surface area contributed by atoms with Crippen molar-refractivity contribution in [2.24, 2.45) is 7.05 Å². The van der Waals surface area contributed by atoms with Gasteiger partial charge in [-0.1, -0.05) is 17.2 Å². The fourth-order valence-electron chi connectivity index (χ4n) is 2.69. The summed E-state index contributed by atoms with van der Waals surface area (Å²) in [7, 11) is 3.21.